The average Bonchev–Trinajstić information content (AvgIpc) is 2.71. The molecule has 1 aromatic carbocycles. The Kier molecular flexibility index (Phi) is 3.62. The first-order valence-corrected chi connectivity index (χ1v) is 5.91. The maximum Gasteiger partial charge on any atom is 0.390 e. The molecule has 0 fully saturated rings. The number of rotatable bonds is 4. The Morgan fingerprint density at radius 2 is 2.11 bits per heavy atom. The molecule has 0 unspecified atom stereocenters. The number of aliphatic hydroxyl groups is 1. The highest BCUT2D eigenvalue weighted by atomic mass is 16.6. The van der Waals surface area contributed by atoms with Crippen molar-refractivity contribution in [3.8, 4) is 0 Å². The van der Waals surface area contributed by atoms with E-state index >= 15 is 0 Å². The number of benzene rings is 1. The fourth-order valence-corrected chi connectivity index (χ4v) is 1.99. The van der Waals surface area contributed by atoms with E-state index in [4.69, 9.17) is 0 Å². The van der Waals surface area contributed by atoms with Gasteiger partial charge in [-0.1, -0.05) is 24.3 Å². The highest BCUT2D eigenvalue weighted by Crippen LogP contribution is 2.20. The van der Waals surface area contributed by atoms with Crippen molar-refractivity contribution in [2.45, 2.75) is 26.5 Å². The summed E-state index contributed by atoms with van der Waals surface area (Å²) in [5, 5.41) is 24.7. The quantitative estimate of drug-likeness (QED) is 0.675. The van der Waals surface area contributed by atoms with Crippen molar-refractivity contribution < 1.29 is 10.0 Å². The summed E-state index contributed by atoms with van der Waals surface area (Å²) < 4.78 is 1.45. The molecular formula is C13H15N3O3. The largest absolute Gasteiger partial charge is 0.390 e. The number of aliphatic hydroxyl groups excluding tert-OH is 1. The van der Waals surface area contributed by atoms with Gasteiger partial charge in [0.1, 0.15) is 6.10 Å². The highest BCUT2D eigenvalue weighted by Gasteiger charge is 2.19. The molecule has 6 nitrogen and oxygen atoms in total. The van der Waals surface area contributed by atoms with Crippen molar-refractivity contribution in [3.63, 3.8) is 0 Å². The van der Waals surface area contributed by atoms with Crippen LogP contribution >= 0.6 is 0 Å². The third-order valence-corrected chi connectivity index (χ3v) is 3.05. The Hall–Kier alpha value is -2.21. The maximum atomic E-state index is 10.6. The van der Waals surface area contributed by atoms with Crippen LogP contribution in [0.2, 0.25) is 0 Å². The topological polar surface area (TPSA) is 81.2 Å². The number of aromatic nitrogens is 2. The fraction of sp³-hybridized carbons (Fsp3) is 0.308. The van der Waals surface area contributed by atoms with E-state index in [9.17, 15) is 15.2 Å². The van der Waals surface area contributed by atoms with Crippen molar-refractivity contribution in [3.05, 3.63) is 57.3 Å². The summed E-state index contributed by atoms with van der Waals surface area (Å²) in [6, 6.07) is 8.90. The van der Waals surface area contributed by atoms with Gasteiger partial charge in [0, 0.05) is 0 Å². The summed E-state index contributed by atoms with van der Waals surface area (Å²) >= 11 is 0. The molecule has 0 amide bonds. The van der Waals surface area contributed by atoms with Crippen molar-refractivity contribution in [1.29, 1.82) is 0 Å². The Labute approximate surface area is 110 Å². The molecule has 6 heteroatoms. The minimum atomic E-state index is -0.737. The fourth-order valence-electron chi connectivity index (χ4n) is 1.99. The predicted molar refractivity (Wildman–Crippen MR) is 69.8 cm³/mol. The van der Waals surface area contributed by atoms with E-state index in [-0.39, 0.29) is 12.4 Å². The predicted octanol–water partition coefficient (Wildman–Crippen LogP) is 2.14. The molecule has 1 heterocycles. The van der Waals surface area contributed by atoms with Crippen LogP contribution in [0.5, 0.6) is 0 Å². The van der Waals surface area contributed by atoms with Gasteiger partial charge in [-0.15, -0.1) is 0 Å². The zero-order chi connectivity index (χ0) is 14.0. The number of hydrogen-bond donors (Lipinski definition) is 1. The summed E-state index contributed by atoms with van der Waals surface area (Å²) in [6.45, 7) is 3.84. The summed E-state index contributed by atoms with van der Waals surface area (Å²) in [5.74, 6) is -0.200. The van der Waals surface area contributed by atoms with Crippen LogP contribution < -0.4 is 0 Å². The van der Waals surface area contributed by atoms with Gasteiger partial charge in [0.2, 0.25) is 0 Å². The SMILES string of the molecule is Cc1ccccc1[C@H](O)Cn1nc([N+](=O)[O-])cc1C. The molecule has 19 heavy (non-hydrogen) atoms. The molecule has 1 N–H and O–H groups in total. The summed E-state index contributed by atoms with van der Waals surface area (Å²) in [5.41, 5.74) is 2.44. The van der Waals surface area contributed by atoms with Crippen molar-refractivity contribution in [2.75, 3.05) is 0 Å². The zero-order valence-electron chi connectivity index (χ0n) is 10.8. The molecule has 0 aliphatic rings. The van der Waals surface area contributed by atoms with E-state index in [2.05, 4.69) is 5.10 Å². The lowest BCUT2D eigenvalue weighted by Crippen LogP contribution is -2.12. The average molecular weight is 261 g/mol. The van der Waals surface area contributed by atoms with Crippen molar-refractivity contribution in [2.24, 2.45) is 0 Å². The van der Waals surface area contributed by atoms with Crippen LogP contribution in [-0.4, -0.2) is 19.8 Å². The number of hydrogen-bond acceptors (Lipinski definition) is 4. The normalized spacial score (nSPS) is 12.4. The highest BCUT2D eigenvalue weighted by molar-refractivity contribution is 5.28. The van der Waals surface area contributed by atoms with Gasteiger partial charge in [-0.2, -0.15) is 4.68 Å². The lowest BCUT2D eigenvalue weighted by Gasteiger charge is -2.12. The molecule has 0 radical (unpaired) electrons. The van der Waals surface area contributed by atoms with Crippen LogP contribution in [-0.2, 0) is 6.54 Å². The molecule has 0 aliphatic carbocycles. The molecule has 100 valence electrons. The van der Waals surface area contributed by atoms with E-state index < -0.39 is 11.0 Å². The first-order chi connectivity index (χ1) is 8.99. The van der Waals surface area contributed by atoms with Crippen LogP contribution in [0.4, 0.5) is 5.82 Å². The molecule has 0 aliphatic heterocycles. The van der Waals surface area contributed by atoms with Gasteiger partial charge in [0.05, 0.1) is 23.4 Å². The Morgan fingerprint density at radius 3 is 2.68 bits per heavy atom. The van der Waals surface area contributed by atoms with E-state index in [1.54, 1.807) is 6.92 Å². The molecular weight excluding hydrogens is 246 g/mol. The standard InChI is InChI=1S/C13H15N3O3/c1-9-5-3-4-6-11(9)12(17)8-15-10(2)7-13(14-15)16(18)19/h3-7,12,17H,8H2,1-2H3/t12-/m1/s1. The lowest BCUT2D eigenvalue weighted by atomic mass is 10.0. The smallest absolute Gasteiger partial charge is 0.386 e. The van der Waals surface area contributed by atoms with E-state index in [0.29, 0.717) is 5.69 Å². The van der Waals surface area contributed by atoms with E-state index in [1.807, 2.05) is 31.2 Å². The van der Waals surface area contributed by atoms with Gasteiger partial charge >= 0.3 is 5.82 Å². The molecule has 2 aromatic rings. The van der Waals surface area contributed by atoms with Gasteiger partial charge in [-0.25, -0.2) is 0 Å². The molecule has 0 saturated heterocycles. The third kappa shape index (κ3) is 2.79. The van der Waals surface area contributed by atoms with E-state index in [1.165, 1.54) is 10.7 Å². The number of nitro groups is 1. The van der Waals surface area contributed by atoms with Crippen LogP contribution in [0.15, 0.2) is 30.3 Å². The van der Waals surface area contributed by atoms with Crippen LogP contribution in [0.1, 0.15) is 22.9 Å². The Bertz CT molecular complexity index is 607. The third-order valence-electron chi connectivity index (χ3n) is 3.05. The van der Waals surface area contributed by atoms with Crippen molar-refractivity contribution in [1.82, 2.24) is 9.78 Å². The molecule has 0 bridgehead atoms. The van der Waals surface area contributed by atoms with Crippen LogP contribution in [0.25, 0.3) is 0 Å². The monoisotopic (exact) mass is 261 g/mol. The van der Waals surface area contributed by atoms with Gasteiger partial charge < -0.3 is 15.2 Å². The second kappa shape index (κ2) is 5.19. The second-order valence-electron chi connectivity index (χ2n) is 4.46. The van der Waals surface area contributed by atoms with Crippen LogP contribution in [0, 0.1) is 24.0 Å². The van der Waals surface area contributed by atoms with Crippen LogP contribution in [0.3, 0.4) is 0 Å². The molecule has 1 atom stereocenters. The van der Waals surface area contributed by atoms with Gasteiger partial charge in [-0.3, -0.25) is 0 Å². The lowest BCUT2D eigenvalue weighted by molar-refractivity contribution is -0.389. The summed E-state index contributed by atoms with van der Waals surface area (Å²) in [6.07, 6.45) is -0.737. The van der Waals surface area contributed by atoms with Gasteiger partial charge in [-0.05, 0) is 29.9 Å². The number of nitrogens with zero attached hydrogens (tertiary/aromatic N) is 3. The second-order valence-corrected chi connectivity index (χ2v) is 4.46. The molecule has 2 rings (SSSR count). The van der Waals surface area contributed by atoms with E-state index in [0.717, 1.165) is 11.1 Å². The molecule has 0 spiro atoms. The molecule has 0 saturated carbocycles. The first-order valence-electron chi connectivity index (χ1n) is 5.91. The van der Waals surface area contributed by atoms with Gasteiger partial charge in [0.25, 0.3) is 0 Å². The Morgan fingerprint density at radius 1 is 1.42 bits per heavy atom. The minimum Gasteiger partial charge on any atom is -0.386 e. The first kappa shape index (κ1) is 13.2. The van der Waals surface area contributed by atoms with Crippen molar-refractivity contribution >= 4 is 5.82 Å². The molecule has 1 aromatic heterocycles. The Balaban J connectivity index is 2.22. The number of aryl methyl sites for hydroxylation is 2. The summed E-state index contributed by atoms with van der Waals surface area (Å²) in [4.78, 5) is 10.1. The van der Waals surface area contributed by atoms with Gasteiger partial charge in [0.15, 0.2) is 0 Å². The summed E-state index contributed by atoms with van der Waals surface area (Å²) in [7, 11) is 0. The minimum absolute atomic E-state index is 0.199. The zero-order valence-corrected chi connectivity index (χ0v) is 10.8. The maximum absolute atomic E-state index is 10.6.